The zero-order valence-electron chi connectivity index (χ0n) is 8.87. The lowest BCUT2D eigenvalue weighted by atomic mass is 10.2. The van der Waals surface area contributed by atoms with Gasteiger partial charge in [-0.2, -0.15) is 13.2 Å². The van der Waals surface area contributed by atoms with Gasteiger partial charge in [0.2, 0.25) is 5.91 Å². The summed E-state index contributed by atoms with van der Waals surface area (Å²) < 4.78 is 37.0. The maximum atomic E-state index is 12.3. The number of hydrogen-bond donors (Lipinski definition) is 1. The first kappa shape index (κ1) is 11.9. The predicted octanol–water partition coefficient (Wildman–Crippen LogP) is 1.77. The second-order valence-electron chi connectivity index (χ2n) is 3.93. The molecule has 92 valence electrons. The molecule has 1 saturated heterocycles. The van der Waals surface area contributed by atoms with Crippen molar-refractivity contribution in [3.63, 3.8) is 0 Å². The van der Waals surface area contributed by atoms with Crippen molar-refractivity contribution < 1.29 is 18.0 Å². The van der Waals surface area contributed by atoms with Crippen LogP contribution in [0.2, 0.25) is 0 Å². The van der Waals surface area contributed by atoms with E-state index < -0.39 is 17.8 Å². The molecule has 2 rings (SSSR count). The predicted molar refractivity (Wildman–Crippen MR) is 56.4 cm³/mol. The number of anilines is 1. The van der Waals surface area contributed by atoms with Gasteiger partial charge in [-0.3, -0.25) is 4.79 Å². The molecule has 1 aliphatic rings. The van der Waals surface area contributed by atoms with Crippen molar-refractivity contribution in [2.45, 2.75) is 18.6 Å². The Bertz CT molecular complexity index is 427. The highest BCUT2D eigenvalue weighted by atomic mass is 19.4. The Labute approximate surface area is 96.0 Å². The molecule has 1 heterocycles. The van der Waals surface area contributed by atoms with Crippen LogP contribution < -0.4 is 10.6 Å². The Balaban J connectivity index is 2.22. The van der Waals surface area contributed by atoms with Crippen molar-refractivity contribution in [2.24, 2.45) is 5.73 Å². The fourth-order valence-electron chi connectivity index (χ4n) is 1.79. The number of nitrogens with zero attached hydrogens (tertiary/aromatic N) is 1. The van der Waals surface area contributed by atoms with E-state index in [9.17, 15) is 18.0 Å². The minimum Gasteiger partial charge on any atom is -0.320 e. The van der Waals surface area contributed by atoms with Gasteiger partial charge in [0.15, 0.2) is 0 Å². The maximum Gasteiger partial charge on any atom is 0.416 e. The third-order valence-electron chi connectivity index (χ3n) is 2.75. The van der Waals surface area contributed by atoms with E-state index >= 15 is 0 Å². The zero-order chi connectivity index (χ0) is 12.6. The molecule has 1 aromatic rings. The summed E-state index contributed by atoms with van der Waals surface area (Å²) in [5.41, 5.74) is 5.26. The van der Waals surface area contributed by atoms with Gasteiger partial charge in [0, 0.05) is 12.2 Å². The van der Waals surface area contributed by atoms with Gasteiger partial charge in [-0.1, -0.05) is 0 Å². The van der Waals surface area contributed by atoms with Crippen molar-refractivity contribution in [1.82, 2.24) is 0 Å². The lowest BCUT2D eigenvalue weighted by molar-refractivity contribution is -0.137. The van der Waals surface area contributed by atoms with Gasteiger partial charge in [0.05, 0.1) is 11.6 Å². The molecule has 1 atom stereocenters. The van der Waals surface area contributed by atoms with Crippen LogP contribution in [0.3, 0.4) is 0 Å². The molecule has 3 nitrogen and oxygen atoms in total. The van der Waals surface area contributed by atoms with Crippen molar-refractivity contribution in [3.8, 4) is 0 Å². The minimum atomic E-state index is -4.36. The topological polar surface area (TPSA) is 46.3 Å². The van der Waals surface area contributed by atoms with Gasteiger partial charge < -0.3 is 10.6 Å². The Hall–Kier alpha value is -1.56. The summed E-state index contributed by atoms with van der Waals surface area (Å²) in [7, 11) is 0. The smallest absolute Gasteiger partial charge is 0.320 e. The molecule has 1 unspecified atom stereocenters. The van der Waals surface area contributed by atoms with Gasteiger partial charge in [-0.15, -0.1) is 0 Å². The summed E-state index contributed by atoms with van der Waals surface area (Å²) >= 11 is 0. The third-order valence-corrected chi connectivity index (χ3v) is 2.75. The summed E-state index contributed by atoms with van der Waals surface area (Å²) in [4.78, 5) is 13.0. The molecule has 2 N–H and O–H groups in total. The Morgan fingerprint density at radius 1 is 1.24 bits per heavy atom. The molecule has 0 radical (unpaired) electrons. The molecule has 1 fully saturated rings. The summed E-state index contributed by atoms with van der Waals surface area (Å²) in [5.74, 6) is -0.246. The lowest BCUT2D eigenvalue weighted by Gasteiger charge is -2.16. The van der Waals surface area contributed by atoms with Crippen molar-refractivity contribution in [1.29, 1.82) is 0 Å². The zero-order valence-corrected chi connectivity index (χ0v) is 8.87. The molecule has 1 aromatic carbocycles. The molecule has 1 amide bonds. The normalized spacial score (nSPS) is 21.1. The van der Waals surface area contributed by atoms with E-state index in [2.05, 4.69) is 0 Å². The molecule has 0 aromatic heterocycles. The number of halogens is 3. The second-order valence-corrected chi connectivity index (χ2v) is 3.93. The van der Waals surface area contributed by atoms with E-state index in [0.717, 1.165) is 12.1 Å². The number of carbonyl (C=O) groups excluding carboxylic acids is 1. The highest BCUT2D eigenvalue weighted by Gasteiger charge is 2.32. The first-order chi connectivity index (χ1) is 7.89. The fourth-order valence-corrected chi connectivity index (χ4v) is 1.79. The number of hydrogen-bond acceptors (Lipinski definition) is 2. The molecule has 6 heteroatoms. The second kappa shape index (κ2) is 4.03. The molecule has 0 saturated carbocycles. The van der Waals surface area contributed by atoms with Gasteiger partial charge in [-0.05, 0) is 30.7 Å². The van der Waals surface area contributed by atoms with Crippen LogP contribution in [0.15, 0.2) is 24.3 Å². The summed E-state index contributed by atoms with van der Waals surface area (Å²) in [5, 5.41) is 0. The van der Waals surface area contributed by atoms with Crippen molar-refractivity contribution >= 4 is 11.6 Å². The van der Waals surface area contributed by atoms with Gasteiger partial charge >= 0.3 is 6.18 Å². The van der Waals surface area contributed by atoms with E-state index in [1.807, 2.05) is 0 Å². The van der Waals surface area contributed by atoms with E-state index in [4.69, 9.17) is 5.73 Å². The van der Waals surface area contributed by atoms with Crippen molar-refractivity contribution in [2.75, 3.05) is 11.4 Å². The molecule has 0 bridgehead atoms. The van der Waals surface area contributed by atoms with E-state index in [1.165, 1.54) is 17.0 Å². The van der Waals surface area contributed by atoms with Crippen LogP contribution in [0.4, 0.5) is 18.9 Å². The van der Waals surface area contributed by atoms with Crippen LogP contribution in [-0.2, 0) is 11.0 Å². The standard InChI is InChI=1S/C11H11F3N2O/c12-11(13,14)7-1-3-8(4-2-7)16-6-5-9(15)10(16)17/h1-4,9H,5-6,15H2. The summed E-state index contributed by atoms with van der Waals surface area (Å²) in [6.45, 7) is 0.450. The fraction of sp³-hybridized carbons (Fsp3) is 0.364. The lowest BCUT2D eigenvalue weighted by Crippen LogP contribution is -2.33. The molecule has 17 heavy (non-hydrogen) atoms. The number of alkyl halides is 3. The van der Waals surface area contributed by atoms with Gasteiger partial charge in [0.25, 0.3) is 0 Å². The quantitative estimate of drug-likeness (QED) is 0.818. The Morgan fingerprint density at radius 2 is 1.82 bits per heavy atom. The molecule has 1 aliphatic heterocycles. The first-order valence-corrected chi connectivity index (χ1v) is 5.14. The van der Waals surface area contributed by atoms with Gasteiger partial charge in [-0.25, -0.2) is 0 Å². The SMILES string of the molecule is NC1CCN(c2ccc(C(F)(F)F)cc2)C1=O. The van der Waals surface area contributed by atoms with E-state index in [-0.39, 0.29) is 5.91 Å². The number of nitrogens with two attached hydrogens (primary N) is 1. The summed E-state index contributed by atoms with van der Waals surface area (Å²) in [6.07, 6.45) is -3.83. The number of benzene rings is 1. The monoisotopic (exact) mass is 244 g/mol. The summed E-state index contributed by atoms with van der Waals surface area (Å²) in [6, 6.07) is 3.97. The van der Waals surface area contributed by atoms with Crippen LogP contribution in [0, 0.1) is 0 Å². The van der Waals surface area contributed by atoms with Crippen molar-refractivity contribution in [3.05, 3.63) is 29.8 Å². The number of amides is 1. The highest BCUT2D eigenvalue weighted by molar-refractivity contribution is 5.99. The van der Waals surface area contributed by atoms with Crippen LogP contribution in [-0.4, -0.2) is 18.5 Å². The largest absolute Gasteiger partial charge is 0.416 e. The molecule has 0 aliphatic carbocycles. The average molecular weight is 244 g/mol. The Morgan fingerprint density at radius 3 is 2.24 bits per heavy atom. The Kier molecular flexibility index (Phi) is 2.82. The molecular weight excluding hydrogens is 233 g/mol. The molecular formula is C11H11F3N2O. The van der Waals surface area contributed by atoms with Crippen LogP contribution in [0.5, 0.6) is 0 Å². The van der Waals surface area contributed by atoms with Gasteiger partial charge in [0.1, 0.15) is 0 Å². The molecule has 0 spiro atoms. The highest BCUT2D eigenvalue weighted by Crippen LogP contribution is 2.31. The van der Waals surface area contributed by atoms with Crippen LogP contribution >= 0.6 is 0 Å². The maximum absolute atomic E-state index is 12.3. The third kappa shape index (κ3) is 2.26. The van der Waals surface area contributed by atoms with Crippen LogP contribution in [0.25, 0.3) is 0 Å². The number of rotatable bonds is 1. The first-order valence-electron chi connectivity index (χ1n) is 5.14. The van der Waals surface area contributed by atoms with Crippen LogP contribution in [0.1, 0.15) is 12.0 Å². The minimum absolute atomic E-state index is 0.246. The van der Waals surface area contributed by atoms with E-state index in [1.54, 1.807) is 0 Å². The number of carbonyl (C=O) groups is 1. The average Bonchev–Trinajstić information content (AvgIpc) is 2.59. The van der Waals surface area contributed by atoms with E-state index in [0.29, 0.717) is 18.7 Å².